The van der Waals surface area contributed by atoms with Crippen LogP contribution < -0.4 is 5.06 Å². The summed E-state index contributed by atoms with van der Waals surface area (Å²) < 4.78 is 0. The number of amides is 2. The first kappa shape index (κ1) is 19.9. The number of hydrogen-bond acceptors (Lipinski definition) is 6. The molecule has 2 aliphatic heterocycles. The average Bonchev–Trinajstić information content (AvgIpc) is 3.32. The number of imide groups is 1. The maximum atomic E-state index is 13.4. The van der Waals surface area contributed by atoms with E-state index in [0.717, 1.165) is 11.1 Å². The van der Waals surface area contributed by atoms with Crippen molar-refractivity contribution in [1.82, 2.24) is 4.90 Å². The number of hydrogen-bond donors (Lipinski definition) is 0. The molecule has 2 amide bonds. The number of carbonyl (C=O) groups excluding carboxylic acids is 2. The van der Waals surface area contributed by atoms with Crippen LogP contribution in [0.4, 0.5) is 11.4 Å². The summed E-state index contributed by atoms with van der Waals surface area (Å²) in [4.78, 5) is 44.6. The Hall–Kier alpha value is -4.04. The van der Waals surface area contributed by atoms with Gasteiger partial charge in [0.1, 0.15) is 5.92 Å². The summed E-state index contributed by atoms with van der Waals surface area (Å²) >= 11 is 0. The highest BCUT2D eigenvalue weighted by molar-refractivity contribution is 6.07. The van der Waals surface area contributed by atoms with Crippen molar-refractivity contribution in [3.63, 3.8) is 0 Å². The molecule has 8 heteroatoms. The summed E-state index contributed by atoms with van der Waals surface area (Å²) in [5.74, 6) is -1.48. The fraction of sp³-hybridized carbons (Fsp3) is 0.167. The molecule has 8 nitrogen and oxygen atoms in total. The Morgan fingerprint density at radius 3 is 2.25 bits per heavy atom. The van der Waals surface area contributed by atoms with E-state index in [0.29, 0.717) is 5.69 Å². The van der Waals surface area contributed by atoms with Gasteiger partial charge in [0.25, 0.3) is 11.6 Å². The van der Waals surface area contributed by atoms with Crippen molar-refractivity contribution in [2.45, 2.75) is 18.7 Å². The van der Waals surface area contributed by atoms with Gasteiger partial charge in [-0.2, -0.15) is 0 Å². The lowest BCUT2D eigenvalue weighted by atomic mass is 9.90. The molecule has 0 aliphatic carbocycles. The highest BCUT2D eigenvalue weighted by Gasteiger charge is 2.59. The minimum atomic E-state index is -0.990. The normalized spacial score (nSPS) is 22.3. The number of benzene rings is 3. The Balaban J connectivity index is 1.53. The summed E-state index contributed by atoms with van der Waals surface area (Å²) in [6.07, 6.45) is -0.990. The SMILES string of the molecule is O=C1[C@H]2[C@@H](c3ccccc3)N(c3cccc([N+](=O)[O-])c3)O[C@H]2C(=O)N1Cc1ccccc1. The van der Waals surface area contributed by atoms with Crippen LogP contribution in [0.25, 0.3) is 0 Å². The van der Waals surface area contributed by atoms with E-state index in [1.165, 1.54) is 22.1 Å². The van der Waals surface area contributed by atoms with Crippen LogP contribution >= 0.6 is 0 Å². The first-order valence-corrected chi connectivity index (χ1v) is 10.2. The largest absolute Gasteiger partial charge is 0.275 e. The second-order valence-corrected chi connectivity index (χ2v) is 7.76. The van der Waals surface area contributed by atoms with E-state index in [2.05, 4.69) is 0 Å². The van der Waals surface area contributed by atoms with E-state index in [4.69, 9.17) is 4.84 Å². The van der Waals surface area contributed by atoms with Crippen molar-refractivity contribution in [1.29, 1.82) is 0 Å². The maximum Gasteiger partial charge on any atom is 0.271 e. The van der Waals surface area contributed by atoms with Gasteiger partial charge < -0.3 is 0 Å². The van der Waals surface area contributed by atoms with E-state index >= 15 is 0 Å². The number of nitrogens with zero attached hydrogens (tertiary/aromatic N) is 3. The molecule has 3 aromatic carbocycles. The molecule has 2 heterocycles. The van der Waals surface area contributed by atoms with E-state index in [1.807, 2.05) is 60.7 Å². The summed E-state index contributed by atoms with van der Waals surface area (Å²) in [5.41, 5.74) is 1.95. The zero-order valence-corrected chi connectivity index (χ0v) is 16.9. The lowest BCUT2D eigenvalue weighted by molar-refractivity contribution is -0.384. The van der Waals surface area contributed by atoms with Gasteiger partial charge in [-0.3, -0.25) is 29.4 Å². The van der Waals surface area contributed by atoms with E-state index < -0.39 is 28.9 Å². The zero-order valence-electron chi connectivity index (χ0n) is 16.9. The van der Waals surface area contributed by atoms with Gasteiger partial charge in [-0.15, -0.1) is 0 Å². The van der Waals surface area contributed by atoms with E-state index in [1.54, 1.807) is 12.1 Å². The molecule has 32 heavy (non-hydrogen) atoms. The van der Waals surface area contributed by atoms with Crippen LogP contribution in [0.5, 0.6) is 0 Å². The molecule has 2 fully saturated rings. The fourth-order valence-electron chi connectivity index (χ4n) is 4.35. The first-order valence-electron chi connectivity index (χ1n) is 10.2. The molecule has 0 spiro atoms. The average molecular weight is 429 g/mol. The molecule has 0 saturated carbocycles. The van der Waals surface area contributed by atoms with Crippen molar-refractivity contribution < 1.29 is 19.3 Å². The quantitative estimate of drug-likeness (QED) is 0.349. The fourth-order valence-corrected chi connectivity index (χ4v) is 4.35. The van der Waals surface area contributed by atoms with E-state index in [9.17, 15) is 19.7 Å². The lowest BCUT2D eigenvalue weighted by Gasteiger charge is -2.28. The molecule has 160 valence electrons. The number of carbonyl (C=O) groups is 2. The number of fused-ring (bicyclic) bond motifs is 1. The summed E-state index contributed by atoms with van der Waals surface area (Å²) in [5, 5.41) is 12.7. The molecule has 2 saturated heterocycles. The number of anilines is 1. The first-order chi connectivity index (χ1) is 15.5. The van der Waals surface area contributed by atoms with Gasteiger partial charge in [0.2, 0.25) is 5.91 Å². The highest BCUT2D eigenvalue weighted by atomic mass is 16.7. The maximum absolute atomic E-state index is 13.4. The van der Waals surface area contributed by atoms with Gasteiger partial charge in [-0.1, -0.05) is 66.7 Å². The molecule has 0 unspecified atom stereocenters. The number of likely N-dealkylation sites (tertiary alicyclic amines) is 1. The molecule has 0 bridgehead atoms. The molecule has 0 aromatic heterocycles. The molecular formula is C24H19N3O5. The van der Waals surface area contributed by atoms with Crippen molar-refractivity contribution in [2.24, 2.45) is 5.92 Å². The highest BCUT2D eigenvalue weighted by Crippen LogP contribution is 2.47. The third-order valence-corrected chi connectivity index (χ3v) is 5.83. The van der Waals surface area contributed by atoms with Crippen LogP contribution in [0.15, 0.2) is 84.9 Å². The van der Waals surface area contributed by atoms with Crippen LogP contribution in [0.1, 0.15) is 17.2 Å². The zero-order chi connectivity index (χ0) is 22.2. The summed E-state index contributed by atoms with van der Waals surface area (Å²) in [6, 6.07) is 24.0. The Bertz CT molecular complexity index is 1180. The minimum Gasteiger partial charge on any atom is -0.275 e. The van der Waals surface area contributed by atoms with Crippen molar-refractivity contribution in [3.05, 3.63) is 106 Å². The second kappa shape index (κ2) is 7.90. The second-order valence-electron chi connectivity index (χ2n) is 7.76. The summed E-state index contributed by atoms with van der Waals surface area (Å²) in [7, 11) is 0. The van der Waals surface area contributed by atoms with Gasteiger partial charge in [-0.25, -0.2) is 5.06 Å². The third-order valence-electron chi connectivity index (χ3n) is 5.83. The number of rotatable bonds is 5. The Kier molecular flexibility index (Phi) is 4.91. The Labute approximate surface area is 183 Å². The molecule has 0 radical (unpaired) electrons. The van der Waals surface area contributed by atoms with Crippen molar-refractivity contribution in [3.8, 4) is 0 Å². The van der Waals surface area contributed by atoms with Crippen LogP contribution in [0.3, 0.4) is 0 Å². The monoisotopic (exact) mass is 429 g/mol. The lowest BCUT2D eigenvalue weighted by Crippen LogP contribution is -2.36. The molecule has 3 atom stereocenters. The summed E-state index contributed by atoms with van der Waals surface area (Å²) in [6.45, 7) is 0.174. The van der Waals surface area contributed by atoms with Crippen molar-refractivity contribution >= 4 is 23.2 Å². The molecule has 5 rings (SSSR count). The molecule has 2 aliphatic rings. The third kappa shape index (κ3) is 3.30. The Morgan fingerprint density at radius 2 is 1.56 bits per heavy atom. The predicted molar refractivity (Wildman–Crippen MR) is 115 cm³/mol. The Morgan fingerprint density at radius 1 is 0.875 bits per heavy atom. The number of non-ortho nitro benzene ring substituents is 1. The smallest absolute Gasteiger partial charge is 0.271 e. The van der Waals surface area contributed by atoms with Crippen LogP contribution in [-0.2, 0) is 21.0 Å². The molecular weight excluding hydrogens is 410 g/mol. The number of nitro benzene ring substituents is 1. The van der Waals surface area contributed by atoms with E-state index in [-0.39, 0.29) is 18.1 Å². The minimum absolute atomic E-state index is 0.0988. The standard InChI is InChI=1S/C24H19N3O5/c28-23-20-21(17-10-5-2-6-11-17)26(18-12-7-13-19(14-18)27(30)31)32-22(20)24(29)25(23)15-16-8-3-1-4-9-16/h1-14,20-22H,15H2/t20-,21+,22+/m0/s1. The predicted octanol–water partition coefficient (Wildman–Crippen LogP) is 3.64. The van der Waals surface area contributed by atoms with Crippen LogP contribution in [0.2, 0.25) is 0 Å². The number of hydroxylamine groups is 1. The van der Waals surface area contributed by atoms with Gasteiger partial charge in [0.15, 0.2) is 6.10 Å². The van der Waals surface area contributed by atoms with Crippen molar-refractivity contribution in [2.75, 3.05) is 5.06 Å². The van der Waals surface area contributed by atoms with Gasteiger partial charge in [0, 0.05) is 12.1 Å². The molecule has 0 N–H and O–H groups in total. The van der Waals surface area contributed by atoms with Crippen LogP contribution in [-0.4, -0.2) is 27.7 Å². The van der Waals surface area contributed by atoms with Gasteiger partial charge >= 0.3 is 0 Å². The van der Waals surface area contributed by atoms with Gasteiger partial charge in [-0.05, 0) is 17.2 Å². The molecule has 3 aromatic rings. The topological polar surface area (TPSA) is 93.0 Å². The number of nitro groups is 1. The van der Waals surface area contributed by atoms with Crippen LogP contribution in [0, 0.1) is 16.0 Å². The van der Waals surface area contributed by atoms with Gasteiger partial charge in [0.05, 0.1) is 23.2 Å².